The highest BCUT2D eigenvalue weighted by atomic mass is 16.2. The molecule has 0 aromatic heterocycles. The number of hydrogen-bond acceptors (Lipinski definition) is 2. The van der Waals surface area contributed by atoms with Crippen LogP contribution in [0.25, 0.3) is 0 Å². The molecule has 0 radical (unpaired) electrons. The molecule has 0 unspecified atom stereocenters. The lowest BCUT2D eigenvalue weighted by atomic mass is 10.1. The van der Waals surface area contributed by atoms with Crippen LogP contribution in [-0.2, 0) is 4.79 Å². The fourth-order valence-corrected chi connectivity index (χ4v) is 1.24. The number of hydrogen-bond donors (Lipinski definition) is 1. The lowest BCUT2D eigenvalue weighted by Crippen LogP contribution is -2.43. The molecule has 0 saturated carbocycles. The molecule has 0 aliphatic carbocycles. The van der Waals surface area contributed by atoms with Gasteiger partial charge in [-0.2, -0.15) is 0 Å². The minimum Gasteiger partial charge on any atom is -0.334 e. The number of nitrogens with two attached hydrogens (primary N) is 1. The van der Waals surface area contributed by atoms with Crippen molar-refractivity contribution in [1.29, 1.82) is 0 Å². The van der Waals surface area contributed by atoms with Gasteiger partial charge in [-0.3, -0.25) is 4.79 Å². The Labute approximate surface area is 86.3 Å². The summed E-state index contributed by atoms with van der Waals surface area (Å²) in [5.74, 6) is -0.0216. The maximum Gasteiger partial charge on any atom is 0.240 e. The summed E-state index contributed by atoms with van der Waals surface area (Å²) in [4.78, 5) is 13.4. The van der Waals surface area contributed by atoms with E-state index in [1.54, 1.807) is 17.1 Å². The Morgan fingerprint density at radius 1 is 1.43 bits per heavy atom. The summed E-state index contributed by atoms with van der Waals surface area (Å²) in [7, 11) is 0. The van der Waals surface area contributed by atoms with E-state index < -0.39 is 0 Å². The van der Waals surface area contributed by atoms with Crippen molar-refractivity contribution < 1.29 is 4.79 Å². The summed E-state index contributed by atoms with van der Waals surface area (Å²) in [5, 5.41) is 0. The molecule has 3 heteroatoms. The topological polar surface area (TPSA) is 46.3 Å². The minimum absolute atomic E-state index is 0.0216. The molecule has 0 heterocycles. The standard InChI is InChI=1S/C11H20N2O/c1-4-7-10(12)11(14)13(8-5-2)9-6-3/h5-6,10H,2-4,7-9,12H2,1H3/t10-/m1/s1. The Kier molecular flexibility index (Phi) is 6.76. The predicted octanol–water partition coefficient (Wildman–Crippen LogP) is 1.31. The fraction of sp³-hybridized carbons (Fsp3) is 0.545. The molecule has 0 aromatic rings. The van der Waals surface area contributed by atoms with Crippen molar-refractivity contribution in [3.05, 3.63) is 25.3 Å². The van der Waals surface area contributed by atoms with Gasteiger partial charge < -0.3 is 10.6 Å². The molecule has 0 rings (SSSR count). The molecule has 0 fully saturated rings. The molecule has 1 atom stereocenters. The van der Waals surface area contributed by atoms with E-state index in [9.17, 15) is 4.79 Å². The van der Waals surface area contributed by atoms with Crippen molar-refractivity contribution in [3.8, 4) is 0 Å². The third kappa shape index (κ3) is 4.23. The summed E-state index contributed by atoms with van der Waals surface area (Å²) in [6, 6.07) is -0.389. The quantitative estimate of drug-likeness (QED) is 0.624. The SMILES string of the molecule is C=CCN(CC=C)C(=O)[C@H](N)CCC. The highest BCUT2D eigenvalue weighted by Crippen LogP contribution is 2.00. The van der Waals surface area contributed by atoms with E-state index in [4.69, 9.17) is 5.73 Å². The van der Waals surface area contributed by atoms with Gasteiger partial charge in [-0.15, -0.1) is 13.2 Å². The summed E-state index contributed by atoms with van der Waals surface area (Å²) in [6.45, 7) is 10.3. The molecule has 0 bridgehead atoms. The van der Waals surface area contributed by atoms with Gasteiger partial charge in [0.25, 0.3) is 0 Å². The second kappa shape index (κ2) is 7.33. The zero-order valence-electron chi connectivity index (χ0n) is 8.91. The van der Waals surface area contributed by atoms with E-state index >= 15 is 0 Å². The first-order valence-corrected chi connectivity index (χ1v) is 4.93. The van der Waals surface area contributed by atoms with Gasteiger partial charge in [0, 0.05) is 13.1 Å². The Hall–Kier alpha value is -1.09. The maximum absolute atomic E-state index is 11.7. The van der Waals surface area contributed by atoms with Crippen LogP contribution in [0.1, 0.15) is 19.8 Å². The van der Waals surface area contributed by atoms with Crippen LogP contribution >= 0.6 is 0 Å². The second-order valence-corrected chi connectivity index (χ2v) is 3.22. The molecule has 80 valence electrons. The van der Waals surface area contributed by atoms with Crippen LogP contribution in [0.2, 0.25) is 0 Å². The molecule has 1 amide bonds. The van der Waals surface area contributed by atoms with Gasteiger partial charge in [0.1, 0.15) is 0 Å². The van der Waals surface area contributed by atoms with E-state index in [2.05, 4.69) is 13.2 Å². The highest BCUT2D eigenvalue weighted by molar-refractivity contribution is 5.81. The Bertz CT molecular complexity index is 191. The van der Waals surface area contributed by atoms with Crippen molar-refractivity contribution in [3.63, 3.8) is 0 Å². The maximum atomic E-state index is 11.7. The zero-order chi connectivity index (χ0) is 11.0. The number of nitrogens with zero attached hydrogens (tertiary/aromatic N) is 1. The molecular formula is C11H20N2O. The monoisotopic (exact) mass is 196 g/mol. The molecule has 0 aliphatic heterocycles. The van der Waals surface area contributed by atoms with E-state index in [-0.39, 0.29) is 11.9 Å². The van der Waals surface area contributed by atoms with Crippen LogP contribution in [0.5, 0.6) is 0 Å². The third-order valence-corrected chi connectivity index (χ3v) is 1.93. The van der Waals surface area contributed by atoms with E-state index in [1.807, 2.05) is 6.92 Å². The van der Waals surface area contributed by atoms with Crippen LogP contribution in [0.4, 0.5) is 0 Å². The Morgan fingerprint density at radius 2 is 1.93 bits per heavy atom. The van der Waals surface area contributed by atoms with E-state index in [0.29, 0.717) is 13.1 Å². The van der Waals surface area contributed by atoms with Gasteiger partial charge >= 0.3 is 0 Å². The zero-order valence-corrected chi connectivity index (χ0v) is 8.91. The normalized spacial score (nSPS) is 11.9. The van der Waals surface area contributed by atoms with E-state index in [1.165, 1.54) is 0 Å². The fourth-order valence-electron chi connectivity index (χ4n) is 1.24. The van der Waals surface area contributed by atoms with Crippen LogP contribution < -0.4 is 5.73 Å². The highest BCUT2D eigenvalue weighted by Gasteiger charge is 2.17. The van der Waals surface area contributed by atoms with Crippen molar-refractivity contribution >= 4 is 5.91 Å². The van der Waals surface area contributed by atoms with Gasteiger partial charge in [-0.05, 0) is 6.42 Å². The summed E-state index contributed by atoms with van der Waals surface area (Å²) < 4.78 is 0. The third-order valence-electron chi connectivity index (χ3n) is 1.93. The largest absolute Gasteiger partial charge is 0.334 e. The van der Waals surface area contributed by atoms with Gasteiger partial charge in [0.05, 0.1) is 6.04 Å². The first-order chi connectivity index (χ1) is 6.67. The summed E-state index contributed by atoms with van der Waals surface area (Å²) in [5.41, 5.74) is 5.73. The first kappa shape index (κ1) is 12.9. The van der Waals surface area contributed by atoms with Crippen LogP contribution in [0.15, 0.2) is 25.3 Å². The number of rotatable bonds is 7. The van der Waals surface area contributed by atoms with Crippen molar-refractivity contribution in [2.24, 2.45) is 5.73 Å². The van der Waals surface area contributed by atoms with E-state index in [0.717, 1.165) is 12.8 Å². The van der Waals surface area contributed by atoms with Gasteiger partial charge in [-0.25, -0.2) is 0 Å². The summed E-state index contributed by atoms with van der Waals surface area (Å²) in [6.07, 6.45) is 5.03. The Morgan fingerprint density at radius 3 is 2.29 bits per heavy atom. The van der Waals surface area contributed by atoms with Gasteiger partial charge in [0.2, 0.25) is 5.91 Å². The lowest BCUT2D eigenvalue weighted by Gasteiger charge is -2.22. The molecule has 0 aliphatic rings. The second-order valence-electron chi connectivity index (χ2n) is 3.22. The number of carbonyl (C=O) groups excluding carboxylic acids is 1. The molecule has 2 N–H and O–H groups in total. The number of carbonyl (C=O) groups is 1. The van der Waals surface area contributed by atoms with Gasteiger partial charge in [0.15, 0.2) is 0 Å². The number of amides is 1. The van der Waals surface area contributed by atoms with Crippen LogP contribution in [0, 0.1) is 0 Å². The molecule has 14 heavy (non-hydrogen) atoms. The minimum atomic E-state index is -0.389. The Balaban J connectivity index is 4.25. The molecular weight excluding hydrogens is 176 g/mol. The molecule has 0 spiro atoms. The lowest BCUT2D eigenvalue weighted by molar-refractivity contribution is -0.131. The summed E-state index contributed by atoms with van der Waals surface area (Å²) >= 11 is 0. The smallest absolute Gasteiger partial charge is 0.240 e. The molecule has 0 aromatic carbocycles. The van der Waals surface area contributed by atoms with Crippen molar-refractivity contribution in [2.75, 3.05) is 13.1 Å². The molecule has 0 saturated heterocycles. The van der Waals surface area contributed by atoms with Crippen LogP contribution in [0.3, 0.4) is 0 Å². The van der Waals surface area contributed by atoms with Gasteiger partial charge in [-0.1, -0.05) is 25.5 Å². The molecule has 3 nitrogen and oxygen atoms in total. The van der Waals surface area contributed by atoms with Crippen molar-refractivity contribution in [1.82, 2.24) is 4.90 Å². The first-order valence-electron chi connectivity index (χ1n) is 4.93. The predicted molar refractivity (Wildman–Crippen MR) is 59.9 cm³/mol. The average Bonchev–Trinajstić information content (AvgIpc) is 2.17. The van der Waals surface area contributed by atoms with Crippen molar-refractivity contribution in [2.45, 2.75) is 25.8 Å². The van der Waals surface area contributed by atoms with Crippen LogP contribution in [-0.4, -0.2) is 29.9 Å². The average molecular weight is 196 g/mol.